The van der Waals surface area contributed by atoms with Crippen molar-refractivity contribution >= 4 is 0 Å². The van der Waals surface area contributed by atoms with Crippen molar-refractivity contribution < 1.29 is 0 Å². The number of benzene rings is 1. The highest BCUT2D eigenvalue weighted by molar-refractivity contribution is 5.68. The molecule has 1 heterocycles. The molecule has 0 aliphatic carbocycles. The van der Waals surface area contributed by atoms with Gasteiger partial charge in [-0.05, 0) is 24.6 Å². The molecule has 1 aromatic heterocycles. The second-order valence-corrected chi connectivity index (χ2v) is 5.16. The number of nitrogens with zero attached hydrogens (tertiary/aromatic N) is 1. The molecule has 0 spiro atoms. The maximum absolute atomic E-state index is 3.34. The summed E-state index contributed by atoms with van der Waals surface area (Å²) in [5, 5.41) is 0. The first kappa shape index (κ1) is 14.5. The van der Waals surface area contributed by atoms with Gasteiger partial charge in [0.05, 0.1) is 0 Å². The lowest BCUT2D eigenvalue weighted by Gasteiger charge is -2.06. The van der Waals surface area contributed by atoms with Gasteiger partial charge in [-0.2, -0.15) is 0 Å². The molecule has 0 aliphatic heterocycles. The maximum Gasteiger partial charge on any atom is 0.0490 e. The molecule has 0 atom stereocenters. The van der Waals surface area contributed by atoms with Crippen molar-refractivity contribution in [1.29, 1.82) is 0 Å². The smallest absolute Gasteiger partial charge is 0.0490 e. The van der Waals surface area contributed by atoms with E-state index >= 15 is 0 Å². The van der Waals surface area contributed by atoms with Gasteiger partial charge in [0.2, 0.25) is 0 Å². The standard InChI is InChI=1S/C19H23N/c1-3-4-5-6-7-8-12-17-13-9-10-14-18(17)19-15-11-16-20(19)2/h9-11,13-16H,3-7H2,1-2H3. The van der Waals surface area contributed by atoms with E-state index in [1.807, 2.05) is 0 Å². The molecule has 0 amide bonds. The normalized spacial score (nSPS) is 10.1. The van der Waals surface area contributed by atoms with Gasteiger partial charge in [0, 0.05) is 36.5 Å². The quantitative estimate of drug-likeness (QED) is 0.529. The summed E-state index contributed by atoms with van der Waals surface area (Å²) >= 11 is 0. The van der Waals surface area contributed by atoms with Crippen LogP contribution in [0.3, 0.4) is 0 Å². The second kappa shape index (κ2) is 7.60. The molecule has 1 heteroatoms. The number of aryl methyl sites for hydroxylation is 1. The van der Waals surface area contributed by atoms with Crippen LogP contribution < -0.4 is 0 Å². The predicted molar refractivity (Wildman–Crippen MR) is 86.5 cm³/mol. The minimum absolute atomic E-state index is 1.00. The van der Waals surface area contributed by atoms with E-state index in [1.54, 1.807) is 0 Å². The fraction of sp³-hybridized carbons (Fsp3) is 0.368. The van der Waals surface area contributed by atoms with Gasteiger partial charge in [0.15, 0.2) is 0 Å². The van der Waals surface area contributed by atoms with Crippen LogP contribution in [0.15, 0.2) is 42.6 Å². The summed E-state index contributed by atoms with van der Waals surface area (Å²) in [6, 6.07) is 12.6. The zero-order valence-electron chi connectivity index (χ0n) is 12.5. The van der Waals surface area contributed by atoms with Gasteiger partial charge >= 0.3 is 0 Å². The third kappa shape index (κ3) is 3.78. The number of hydrogen-bond donors (Lipinski definition) is 0. The fourth-order valence-electron chi connectivity index (χ4n) is 2.35. The Bertz CT molecular complexity index is 595. The van der Waals surface area contributed by atoms with Crippen LogP contribution >= 0.6 is 0 Å². The molecule has 0 N–H and O–H groups in total. The lowest BCUT2D eigenvalue weighted by molar-refractivity contribution is 0.679. The highest BCUT2D eigenvalue weighted by Crippen LogP contribution is 2.22. The minimum Gasteiger partial charge on any atom is -0.351 e. The Morgan fingerprint density at radius 2 is 1.85 bits per heavy atom. The average molecular weight is 265 g/mol. The minimum atomic E-state index is 1.00. The Labute approximate surface area is 122 Å². The largest absolute Gasteiger partial charge is 0.351 e. The molecule has 1 nitrogen and oxygen atoms in total. The molecule has 1 aromatic carbocycles. The van der Waals surface area contributed by atoms with E-state index in [9.17, 15) is 0 Å². The number of hydrogen-bond acceptors (Lipinski definition) is 0. The Morgan fingerprint density at radius 1 is 1.00 bits per heavy atom. The molecule has 0 radical (unpaired) electrons. The third-order valence-electron chi connectivity index (χ3n) is 3.53. The molecule has 0 saturated carbocycles. The van der Waals surface area contributed by atoms with E-state index in [2.05, 4.69) is 73.0 Å². The van der Waals surface area contributed by atoms with E-state index < -0.39 is 0 Å². The second-order valence-electron chi connectivity index (χ2n) is 5.16. The first-order chi connectivity index (χ1) is 9.83. The van der Waals surface area contributed by atoms with Gasteiger partial charge in [-0.15, -0.1) is 0 Å². The Balaban J connectivity index is 2.10. The van der Waals surface area contributed by atoms with Crippen LogP contribution in [0, 0.1) is 11.8 Å². The molecule has 0 aliphatic rings. The SMILES string of the molecule is CCCCCCC#Cc1ccccc1-c1cccn1C. The van der Waals surface area contributed by atoms with Crippen LogP contribution in [0.1, 0.15) is 44.6 Å². The van der Waals surface area contributed by atoms with Crippen molar-refractivity contribution in [2.24, 2.45) is 7.05 Å². The van der Waals surface area contributed by atoms with Crippen LogP contribution in [0.4, 0.5) is 0 Å². The summed E-state index contributed by atoms with van der Waals surface area (Å²) in [5.74, 6) is 6.67. The van der Waals surface area contributed by atoms with Crippen molar-refractivity contribution in [3.05, 3.63) is 48.2 Å². The van der Waals surface area contributed by atoms with E-state index in [-0.39, 0.29) is 0 Å². The monoisotopic (exact) mass is 265 g/mol. The third-order valence-corrected chi connectivity index (χ3v) is 3.53. The molecular weight excluding hydrogens is 242 g/mol. The topological polar surface area (TPSA) is 4.93 Å². The Hall–Kier alpha value is -1.94. The highest BCUT2D eigenvalue weighted by Gasteiger charge is 2.04. The van der Waals surface area contributed by atoms with E-state index in [0.29, 0.717) is 0 Å². The molecule has 0 fully saturated rings. The van der Waals surface area contributed by atoms with E-state index in [1.165, 1.54) is 36.9 Å². The molecule has 0 bridgehead atoms. The summed E-state index contributed by atoms with van der Waals surface area (Å²) in [7, 11) is 2.07. The lowest BCUT2D eigenvalue weighted by Crippen LogP contribution is -1.91. The van der Waals surface area contributed by atoms with Crippen LogP contribution in [-0.2, 0) is 7.05 Å². The summed E-state index contributed by atoms with van der Waals surface area (Å²) in [6.45, 7) is 2.24. The highest BCUT2D eigenvalue weighted by atomic mass is 14.9. The van der Waals surface area contributed by atoms with Gasteiger partial charge in [0.1, 0.15) is 0 Å². The van der Waals surface area contributed by atoms with Crippen molar-refractivity contribution in [1.82, 2.24) is 4.57 Å². The molecule has 2 rings (SSSR count). The van der Waals surface area contributed by atoms with Gasteiger partial charge in [-0.1, -0.05) is 56.2 Å². The summed E-state index contributed by atoms with van der Waals surface area (Å²) < 4.78 is 2.14. The predicted octanol–water partition coefficient (Wildman–Crippen LogP) is 5.01. The number of aromatic nitrogens is 1. The molecule has 0 saturated heterocycles. The van der Waals surface area contributed by atoms with Crippen molar-refractivity contribution in [2.45, 2.75) is 39.0 Å². The average Bonchev–Trinajstić information content (AvgIpc) is 2.89. The van der Waals surface area contributed by atoms with Crippen LogP contribution in [0.25, 0.3) is 11.3 Å². The molecular formula is C19H23N. The lowest BCUT2D eigenvalue weighted by atomic mass is 10.0. The zero-order valence-corrected chi connectivity index (χ0v) is 12.5. The number of unbranched alkanes of at least 4 members (excludes halogenated alkanes) is 4. The fourth-order valence-corrected chi connectivity index (χ4v) is 2.35. The van der Waals surface area contributed by atoms with Crippen LogP contribution in [0.5, 0.6) is 0 Å². The van der Waals surface area contributed by atoms with Crippen LogP contribution in [-0.4, -0.2) is 4.57 Å². The van der Waals surface area contributed by atoms with Crippen molar-refractivity contribution in [3.63, 3.8) is 0 Å². The van der Waals surface area contributed by atoms with E-state index in [4.69, 9.17) is 0 Å². The van der Waals surface area contributed by atoms with Crippen LogP contribution in [0.2, 0.25) is 0 Å². The van der Waals surface area contributed by atoms with Gasteiger partial charge in [-0.25, -0.2) is 0 Å². The Kier molecular flexibility index (Phi) is 5.50. The van der Waals surface area contributed by atoms with Crippen molar-refractivity contribution in [3.8, 4) is 23.1 Å². The van der Waals surface area contributed by atoms with Gasteiger partial charge in [0.25, 0.3) is 0 Å². The molecule has 2 aromatic rings. The molecule has 20 heavy (non-hydrogen) atoms. The van der Waals surface area contributed by atoms with E-state index in [0.717, 1.165) is 12.0 Å². The first-order valence-corrected chi connectivity index (χ1v) is 7.52. The molecule has 0 unspecified atom stereocenters. The van der Waals surface area contributed by atoms with Crippen molar-refractivity contribution in [2.75, 3.05) is 0 Å². The van der Waals surface area contributed by atoms with Gasteiger partial charge in [-0.3, -0.25) is 0 Å². The first-order valence-electron chi connectivity index (χ1n) is 7.52. The van der Waals surface area contributed by atoms with Gasteiger partial charge < -0.3 is 4.57 Å². The zero-order chi connectivity index (χ0) is 14.2. The summed E-state index contributed by atoms with van der Waals surface area (Å²) in [6.07, 6.45) is 8.19. The number of rotatable bonds is 5. The maximum atomic E-state index is 3.34. The summed E-state index contributed by atoms with van der Waals surface area (Å²) in [4.78, 5) is 0. The summed E-state index contributed by atoms with van der Waals surface area (Å²) in [5.41, 5.74) is 3.58. The Morgan fingerprint density at radius 3 is 2.60 bits per heavy atom. The molecule has 104 valence electrons.